The molecule has 0 fully saturated rings. The van der Waals surface area contributed by atoms with Crippen molar-refractivity contribution >= 4 is 17.3 Å². The van der Waals surface area contributed by atoms with Crippen LogP contribution in [0.1, 0.15) is 5.56 Å². The Labute approximate surface area is 110 Å². The number of hydrogen-bond donors (Lipinski definition) is 1. The number of benzene rings is 2. The van der Waals surface area contributed by atoms with Crippen molar-refractivity contribution in [2.75, 3.05) is 12.8 Å². The predicted molar refractivity (Wildman–Crippen MR) is 72.6 cm³/mol. The Morgan fingerprint density at radius 2 is 2.00 bits per heavy atom. The highest BCUT2D eigenvalue weighted by Crippen LogP contribution is 2.37. The van der Waals surface area contributed by atoms with Gasteiger partial charge in [0.05, 0.1) is 17.7 Å². The van der Waals surface area contributed by atoms with E-state index in [0.717, 1.165) is 11.1 Å². The van der Waals surface area contributed by atoms with Crippen LogP contribution in [-0.4, -0.2) is 7.11 Å². The van der Waals surface area contributed by atoms with Gasteiger partial charge in [0.2, 0.25) is 0 Å². The number of rotatable bonds is 2. The van der Waals surface area contributed by atoms with E-state index in [9.17, 15) is 0 Å². The summed E-state index contributed by atoms with van der Waals surface area (Å²) in [4.78, 5) is 0. The summed E-state index contributed by atoms with van der Waals surface area (Å²) in [6.45, 7) is 0. The molecule has 2 N–H and O–H groups in total. The molecule has 0 heterocycles. The van der Waals surface area contributed by atoms with Crippen molar-refractivity contribution in [1.29, 1.82) is 5.26 Å². The zero-order valence-electron chi connectivity index (χ0n) is 9.77. The topological polar surface area (TPSA) is 59.0 Å². The van der Waals surface area contributed by atoms with E-state index in [1.54, 1.807) is 24.3 Å². The van der Waals surface area contributed by atoms with E-state index in [-0.39, 0.29) is 0 Å². The largest absolute Gasteiger partial charge is 0.495 e. The number of hydrogen-bond acceptors (Lipinski definition) is 3. The number of halogens is 1. The normalized spacial score (nSPS) is 9.83. The minimum Gasteiger partial charge on any atom is -0.495 e. The van der Waals surface area contributed by atoms with E-state index in [2.05, 4.69) is 6.07 Å². The molecule has 2 aromatic rings. The fourth-order valence-electron chi connectivity index (χ4n) is 1.81. The molecule has 0 saturated heterocycles. The van der Waals surface area contributed by atoms with E-state index in [0.29, 0.717) is 22.0 Å². The molecule has 0 radical (unpaired) electrons. The Morgan fingerprint density at radius 3 is 2.61 bits per heavy atom. The molecule has 90 valence electrons. The minimum atomic E-state index is 0.475. The molecule has 0 bridgehead atoms. The van der Waals surface area contributed by atoms with Crippen molar-refractivity contribution in [3.8, 4) is 22.9 Å². The van der Waals surface area contributed by atoms with Crippen LogP contribution >= 0.6 is 11.6 Å². The summed E-state index contributed by atoms with van der Waals surface area (Å²) in [6, 6.07) is 12.7. The number of nitrogens with zero attached hydrogens (tertiary/aromatic N) is 1. The zero-order valence-corrected chi connectivity index (χ0v) is 10.5. The lowest BCUT2D eigenvalue weighted by molar-refractivity contribution is 0.415. The number of nitriles is 1. The van der Waals surface area contributed by atoms with Crippen molar-refractivity contribution in [2.45, 2.75) is 0 Å². The van der Waals surface area contributed by atoms with Gasteiger partial charge in [-0.2, -0.15) is 5.26 Å². The second-order valence-corrected chi connectivity index (χ2v) is 4.14. The van der Waals surface area contributed by atoms with Crippen molar-refractivity contribution in [1.82, 2.24) is 0 Å². The van der Waals surface area contributed by atoms with Gasteiger partial charge in [0.15, 0.2) is 0 Å². The maximum atomic E-state index is 9.05. The monoisotopic (exact) mass is 258 g/mol. The van der Waals surface area contributed by atoms with Crippen LogP contribution in [0.2, 0.25) is 5.02 Å². The molecule has 0 aliphatic carbocycles. The van der Waals surface area contributed by atoms with Crippen LogP contribution in [0, 0.1) is 11.3 Å². The SMILES string of the molecule is COc1c(C#N)cccc1-c1ccc(N)cc1Cl. The van der Waals surface area contributed by atoms with E-state index in [1.165, 1.54) is 7.11 Å². The van der Waals surface area contributed by atoms with E-state index >= 15 is 0 Å². The first-order valence-electron chi connectivity index (χ1n) is 5.30. The van der Waals surface area contributed by atoms with Gasteiger partial charge in [-0.3, -0.25) is 0 Å². The molecule has 0 aliphatic rings. The average molecular weight is 259 g/mol. The lowest BCUT2D eigenvalue weighted by Crippen LogP contribution is -1.93. The van der Waals surface area contributed by atoms with E-state index < -0.39 is 0 Å². The van der Waals surface area contributed by atoms with Gasteiger partial charge in [-0.1, -0.05) is 29.8 Å². The molecular formula is C14H11ClN2O. The first-order valence-corrected chi connectivity index (χ1v) is 5.67. The molecule has 2 aromatic carbocycles. The number of para-hydroxylation sites is 1. The minimum absolute atomic E-state index is 0.475. The number of nitrogens with two attached hydrogens (primary N) is 1. The highest BCUT2D eigenvalue weighted by atomic mass is 35.5. The molecule has 0 aliphatic heterocycles. The summed E-state index contributed by atoms with van der Waals surface area (Å²) in [5.74, 6) is 0.520. The standard InChI is InChI=1S/C14H11ClN2O/c1-18-14-9(8-16)3-2-4-12(14)11-6-5-10(17)7-13(11)15/h2-7H,17H2,1H3. The van der Waals surface area contributed by atoms with Crippen LogP contribution in [0.25, 0.3) is 11.1 Å². The van der Waals surface area contributed by atoms with Crippen LogP contribution in [-0.2, 0) is 0 Å². The smallest absolute Gasteiger partial charge is 0.144 e. The fraction of sp³-hybridized carbons (Fsp3) is 0.0714. The maximum absolute atomic E-state index is 9.05. The second kappa shape index (κ2) is 4.99. The third-order valence-corrected chi connectivity index (χ3v) is 2.94. The predicted octanol–water partition coefficient (Wildman–Crippen LogP) is 3.47. The average Bonchev–Trinajstić information content (AvgIpc) is 2.37. The molecule has 0 amide bonds. The summed E-state index contributed by atoms with van der Waals surface area (Å²) in [5, 5.41) is 9.58. The van der Waals surface area contributed by atoms with Crippen LogP contribution in [0.4, 0.5) is 5.69 Å². The van der Waals surface area contributed by atoms with Crippen LogP contribution in [0.5, 0.6) is 5.75 Å². The van der Waals surface area contributed by atoms with Gasteiger partial charge < -0.3 is 10.5 Å². The molecule has 2 rings (SSSR count). The summed E-state index contributed by atoms with van der Waals surface area (Å²) < 4.78 is 5.29. The Kier molecular flexibility index (Phi) is 3.40. The third kappa shape index (κ3) is 2.11. The zero-order chi connectivity index (χ0) is 13.1. The van der Waals surface area contributed by atoms with Gasteiger partial charge in [-0.15, -0.1) is 0 Å². The maximum Gasteiger partial charge on any atom is 0.144 e. The van der Waals surface area contributed by atoms with Crippen molar-refractivity contribution in [2.24, 2.45) is 0 Å². The molecular weight excluding hydrogens is 248 g/mol. The van der Waals surface area contributed by atoms with Crippen molar-refractivity contribution in [3.05, 3.63) is 47.0 Å². The summed E-state index contributed by atoms with van der Waals surface area (Å²) in [7, 11) is 1.53. The Bertz CT molecular complexity index is 632. The van der Waals surface area contributed by atoms with Gasteiger partial charge in [-0.25, -0.2) is 0 Å². The molecule has 0 unspecified atom stereocenters. The van der Waals surface area contributed by atoms with Crippen LogP contribution < -0.4 is 10.5 Å². The molecule has 0 aromatic heterocycles. The molecule has 3 nitrogen and oxygen atoms in total. The number of ether oxygens (including phenoxy) is 1. The first kappa shape index (κ1) is 12.3. The Morgan fingerprint density at radius 1 is 1.22 bits per heavy atom. The van der Waals surface area contributed by atoms with Crippen LogP contribution in [0.15, 0.2) is 36.4 Å². The second-order valence-electron chi connectivity index (χ2n) is 3.74. The van der Waals surface area contributed by atoms with Crippen LogP contribution in [0.3, 0.4) is 0 Å². The highest BCUT2D eigenvalue weighted by Gasteiger charge is 2.13. The lowest BCUT2D eigenvalue weighted by atomic mass is 10.0. The first-order chi connectivity index (χ1) is 8.67. The fourth-order valence-corrected chi connectivity index (χ4v) is 2.10. The van der Waals surface area contributed by atoms with E-state index in [1.807, 2.05) is 12.1 Å². The summed E-state index contributed by atoms with van der Waals surface area (Å²) >= 11 is 6.17. The highest BCUT2D eigenvalue weighted by molar-refractivity contribution is 6.33. The quantitative estimate of drug-likeness (QED) is 0.839. The molecule has 0 spiro atoms. The molecule has 4 heteroatoms. The third-order valence-electron chi connectivity index (χ3n) is 2.62. The molecule has 18 heavy (non-hydrogen) atoms. The van der Waals surface area contributed by atoms with Gasteiger partial charge in [0.25, 0.3) is 0 Å². The van der Waals surface area contributed by atoms with Gasteiger partial charge >= 0.3 is 0 Å². The van der Waals surface area contributed by atoms with Gasteiger partial charge in [0, 0.05) is 16.8 Å². The van der Waals surface area contributed by atoms with Crippen molar-refractivity contribution in [3.63, 3.8) is 0 Å². The number of methoxy groups -OCH3 is 1. The number of nitrogen functional groups attached to an aromatic ring is 1. The molecule has 0 saturated carbocycles. The Hall–Kier alpha value is -2.18. The lowest BCUT2D eigenvalue weighted by Gasteiger charge is -2.11. The number of anilines is 1. The van der Waals surface area contributed by atoms with E-state index in [4.69, 9.17) is 27.3 Å². The summed E-state index contributed by atoms with van der Waals surface area (Å²) in [5.41, 5.74) is 8.31. The van der Waals surface area contributed by atoms with Gasteiger partial charge in [0.1, 0.15) is 11.8 Å². The molecule has 0 atom stereocenters. The van der Waals surface area contributed by atoms with Gasteiger partial charge in [-0.05, 0) is 18.2 Å². The van der Waals surface area contributed by atoms with Crippen molar-refractivity contribution < 1.29 is 4.74 Å². The Balaban J connectivity index is 2.68. The summed E-state index contributed by atoms with van der Waals surface area (Å²) in [6.07, 6.45) is 0.